The second kappa shape index (κ2) is 3.83. The number of hydrogen-bond donors (Lipinski definition) is 2. The summed E-state index contributed by atoms with van der Waals surface area (Å²) in [5.41, 5.74) is 0.242. The number of nitrogens with zero attached hydrogens (tertiary/aromatic N) is 1. The van der Waals surface area contributed by atoms with E-state index in [1.165, 1.54) is 18.2 Å². The fraction of sp³-hybridized carbons (Fsp3) is 0.143. The number of phenolic OH excluding ortho intramolecular Hbond substituents is 1. The second-order valence-corrected chi connectivity index (χ2v) is 2.39. The number of rotatable bonds is 3. The molecule has 0 spiro atoms. The zero-order valence-electron chi connectivity index (χ0n) is 6.64. The molecule has 0 bridgehead atoms. The Morgan fingerprint density at radius 2 is 2.31 bits per heavy atom. The van der Waals surface area contributed by atoms with Crippen molar-refractivity contribution in [2.75, 3.05) is 0 Å². The van der Waals surface area contributed by atoms with Gasteiger partial charge in [0.25, 0.3) is 0 Å². The molecule has 3 N–H and O–H groups in total. The molecule has 13 heavy (non-hydrogen) atoms. The Balaban J connectivity index is 2.98. The van der Waals surface area contributed by atoms with Crippen LogP contribution in [0.5, 0.6) is 5.75 Å². The van der Waals surface area contributed by atoms with Crippen LogP contribution in [0.3, 0.4) is 0 Å². The van der Waals surface area contributed by atoms with E-state index < -0.39 is 4.92 Å². The van der Waals surface area contributed by atoms with Crippen molar-refractivity contribution >= 4 is 5.69 Å². The van der Waals surface area contributed by atoms with E-state index in [-0.39, 0.29) is 18.0 Å². The summed E-state index contributed by atoms with van der Waals surface area (Å²) in [5.74, 6) is 4.40. The van der Waals surface area contributed by atoms with E-state index in [1.807, 2.05) is 0 Å². The van der Waals surface area contributed by atoms with E-state index in [4.69, 9.17) is 11.0 Å². The molecule has 0 radical (unpaired) electrons. The van der Waals surface area contributed by atoms with Crippen molar-refractivity contribution in [2.45, 2.75) is 6.61 Å². The lowest BCUT2D eigenvalue weighted by molar-refractivity contribution is -0.385. The van der Waals surface area contributed by atoms with E-state index in [9.17, 15) is 10.1 Å². The molecule has 70 valence electrons. The average Bonchev–Trinajstić information content (AvgIpc) is 2.04. The van der Waals surface area contributed by atoms with Crippen LogP contribution in [0.25, 0.3) is 0 Å². The number of nitro benzene ring substituents is 1. The Morgan fingerprint density at radius 1 is 1.62 bits per heavy atom. The lowest BCUT2D eigenvalue weighted by atomic mass is 10.2. The molecule has 6 heteroatoms. The smallest absolute Gasteiger partial charge is 0.310 e. The van der Waals surface area contributed by atoms with Gasteiger partial charge in [-0.05, 0) is 17.7 Å². The van der Waals surface area contributed by atoms with Crippen LogP contribution < -0.4 is 5.90 Å². The molecule has 1 aromatic carbocycles. The predicted molar refractivity (Wildman–Crippen MR) is 43.7 cm³/mol. The van der Waals surface area contributed by atoms with Gasteiger partial charge in [-0.3, -0.25) is 15.0 Å². The van der Waals surface area contributed by atoms with Crippen LogP contribution in [-0.2, 0) is 11.4 Å². The number of aromatic hydroxyl groups is 1. The summed E-state index contributed by atoms with van der Waals surface area (Å²) >= 11 is 0. The molecular weight excluding hydrogens is 176 g/mol. The third-order valence-electron chi connectivity index (χ3n) is 1.49. The van der Waals surface area contributed by atoms with Crippen LogP contribution in [0, 0.1) is 10.1 Å². The molecule has 0 saturated heterocycles. The minimum absolute atomic E-state index is 0.103. The molecule has 0 atom stereocenters. The van der Waals surface area contributed by atoms with Crippen molar-refractivity contribution in [3.05, 3.63) is 33.9 Å². The molecule has 0 fully saturated rings. The van der Waals surface area contributed by atoms with Gasteiger partial charge < -0.3 is 5.11 Å². The van der Waals surface area contributed by atoms with Crippen LogP contribution in [0.4, 0.5) is 5.69 Å². The normalized spacial score (nSPS) is 9.92. The summed E-state index contributed by atoms with van der Waals surface area (Å²) in [6, 6.07) is 3.90. The second-order valence-electron chi connectivity index (χ2n) is 2.39. The first-order valence-electron chi connectivity index (χ1n) is 3.43. The van der Waals surface area contributed by atoms with Gasteiger partial charge in [0.15, 0.2) is 5.75 Å². The maximum absolute atomic E-state index is 10.3. The summed E-state index contributed by atoms with van der Waals surface area (Å²) in [5, 5.41) is 19.4. The van der Waals surface area contributed by atoms with Crippen molar-refractivity contribution in [3.8, 4) is 5.75 Å². The van der Waals surface area contributed by atoms with Gasteiger partial charge in [-0.1, -0.05) is 0 Å². The number of phenols is 1. The van der Waals surface area contributed by atoms with E-state index in [1.54, 1.807) is 0 Å². The van der Waals surface area contributed by atoms with Crippen LogP contribution in [0.2, 0.25) is 0 Å². The molecule has 1 rings (SSSR count). The summed E-state index contributed by atoms with van der Waals surface area (Å²) in [6.07, 6.45) is 0. The van der Waals surface area contributed by atoms with Crippen LogP contribution in [0.15, 0.2) is 18.2 Å². The number of hydrogen-bond acceptors (Lipinski definition) is 5. The van der Waals surface area contributed by atoms with Gasteiger partial charge in [-0.2, -0.15) is 0 Å². The van der Waals surface area contributed by atoms with Gasteiger partial charge in [0.2, 0.25) is 0 Å². The highest BCUT2D eigenvalue weighted by Gasteiger charge is 2.12. The van der Waals surface area contributed by atoms with Gasteiger partial charge in [0, 0.05) is 6.07 Å². The zero-order chi connectivity index (χ0) is 9.84. The molecule has 6 nitrogen and oxygen atoms in total. The summed E-state index contributed by atoms with van der Waals surface area (Å²) < 4.78 is 0. The Morgan fingerprint density at radius 3 is 2.77 bits per heavy atom. The van der Waals surface area contributed by atoms with E-state index in [0.29, 0.717) is 5.56 Å². The Hall–Kier alpha value is -1.66. The van der Waals surface area contributed by atoms with Crippen LogP contribution in [0.1, 0.15) is 5.56 Å². The Labute approximate surface area is 73.7 Å². The zero-order valence-corrected chi connectivity index (χ0v) is 6.64. The fourth-order valence-electron chi connectivity index (χ4n) is 0.909. The van der Waals surface area contributed by atoms with Crippen molar-refractivity contribution in [2.24, 2.45) is 5.90 Å². The maximum Gasteiger partial charge on any atom is 0.310 e. The number of benzene rings is 1. The molecule has 0 aromatic heterocycles. The molecule has 0 heterocycles. The monoisotopic (exact) mass is 184 g/mol. The largest absolute Gasteiger partial charge is 0.502 e. The highest BCUT2D eigenvalue weighted by Crippen LogP contribution is 2.26. The standard InChI is InChI=1S/C7H8N2O4/c8-13-4-5-1-2-6(9(11)12)7(10)3-5/h1-3,10H,4,8H2. The molecular formula is C7H8N2O4. The Bertz CT molecular complexity index is 326. The lowest BCUT2D eigenvalue weighted by Gasteiger charge is -1.99. The van der Waals surface area contributed by atoms with Gasteiger partial charge in [0.1, 0.15) is 0 Å². The van der Waals surface area contributed by atoms with E-state index >= 15 is 0 Å². The minimum Gasteiger partial charge on any atom is -0.502 e. The van der Waals surface area contributed by atoms with Crippen molar-refractivity contribution in [3.63, 3.8) is 0 Å². The first-order valence-corrected chi connectivity index (χ1v) is 3.43. The Kier molecular flexibility index (Phi) is 2.78. The van der Waals surface area contributed by atoms with Gasteiger partial charge in [0.05, 0.1) is 11.5 Å². The van der Waals surface area contributed by atoms with E-state index in [0.717, 1.165) is 0 Å². The van der Waals surface area contributed by atoms with Gasteiger partial charge in [-0.15, -0.1) is 0 Å². The fourth-order valence-corrected chi connectivity index (χ4v) is 0.909. The lowest BCUT2D eigenvalue weighted by Crippen LogP contribution is -1.99. The highest BCUT2D eigenvalue weighted by molar-refractivity contribution is 5.47. The van der Waals surface area contributed by atoms with Gasteiger partial charge >= 0.3 is 5.69 Å². The van der Waals surface area contributed by atoms with Crippen molar-refractivity contribution < 1.29 is 14.9 Å². The molecule has 0 unspecified atom stereocenters. The van der Waals surface area contributed by atoms with Crippen molar-refractivity contribution in [1.29, 1.82) is 0 Å². The highest BCUT2D eigenvalue weighted by atomic mass is 16.6. The first-order chi connectivity index (χ1) is 6.15. The molecule has 0 aliphatic rings. The third kappa shape index (κ3) is 2.14. The number of nitro groups is 1. The quantitative estimate of drug-likeness (QED) is 0.531. The van der Waals surface area contributed by atoms with Crippen LogP contribution >= 0.6 is 0 Å². The SMILES string of the molecule is NOCc1ccc([N+](=O)[O-])c(O)c1. The third-order valence-corrected chi connectivity index (χ3v) is 1.49. The summed E-state index contributed by atoms with van der Waals surface area (Å²) in [6.45, 7) is 0.103. The summed E-state index contributed by atoms with van der Waals surface area (Å²) in [7, 11) is 0. The average molecular weight is 184 g/mol. The van der Waals surface area contributed by atoms with Crippen molar-refractivity contribution in [1.82, 2.24) is 0 Å². The maximum atomic E-state index is 10.3. The molecule has 0 amide bonds. The van der Waals surface area contributed by atoms with Crippen LogP contribution in [-0.4, -0.2) is 10.0 Å². The molecule has 1 aromatic rings. The predicted octanol–water partition coefficient (Wildman–Crippen LogP) is 0.691. The molecule has 0 aliphatic carbocycles. The summed E-state index contributed by atoms with van der Waals surface area (Å²) in [4.78, 5) is 13.9. The molecule has 0 aliphatic heterocycles. The number of nitrogens with two attached hydrogens (primary N) is 1. The molecule has 0 saturated carbocycles. The van der Waals surface area contributed by atoms with E-state index in [2.05, 4.69) is 4.84 Å². The minimum atomic E-state index is -0.664. The first kappa shape index (κ1) is 9.43. The van der Waals surface area contributed by atoms with Gasteiger partial charge in [-0.25, -0.2) is 5.90 Å². The topological polar surface area (TPSA) is 98.6 Å².